The predicted molar refractivity (Wildman–Crippen MR) is 78.4 cm³/mol. The Morgan fingerprint density at radius 1 is 1.29 bits per heavy atom. The molecule has 17 heavy (non-hydrogen) atoms. The molecule has 0 bridgehead atoms. The average Bonchev–Trinajstić information content (AvgIpc) is 2.28. The van der Waals surface area contributed by atoms with Crippen molar-refractivity contribution in [2.75, 3.05) is 11.9 Å². The van der Waals surface area contributed by atoms with E-state index in [0.717, 1.165) is 33.3 Å². The zero-order valence-corrected chi connectivity index (χ0v) is 12.5. The van der Waals surface area contributed by atoms with Gasteiger partial charge in [-0.3, -0.25) is 4.98 Å². The van der Waals surface area contributed by atoms with E-state index in [4.69, 9.17) is 23.2 Å². The summed E-state index contributed by atoms with van der Waals surface area (Å²) in [7, 11) is 0. The first-order valence-electron chi connectivity index (χ1n) is 5.23. The molecule has 1 N–H and O–H groups in total. The summed E-state index contributed by atoms with van der Waals surface area (Å²) in [6.45, 7) is 4.83. The maximum atomic E-state index is 6.22. The fourth-order valence-electron chi connectivity index (χ4n) is 1.73. The number of rotatable bonds is 2. The Labute approximate surface area is 118 Å². The first kappa shape index (κ1) is 12.9. The highest BCUT2D eigenvalue weighted by Crippen LogP contribution is 2.38. The largest absolute Gasteiger partial charge is 0.385 e. The molecule has 0 saturated carbocycles. The van der Waals surface area contributed by atoms with Gasteiger partial charge >= 0.3 is 0 Å². The maximum Gasteiger partial charge on any atom is 0.0928 e. The first-order valence-corrected chi connectivity index (χ1v) is 6.78. The third-order valence-electron chi connectivity index (χ3n) is 2.44. The first-order chi connectivity index (χ1) is 8.04. The number of aryl methyl sites for hydroxylation is 1. The van der Waals surface area contributed by atoms with E-state index in [1.54, 1.807) is 0 Å². The molecule has 0 saturated heterocycles. The lowest BCUT2D eigenvalue weighted by molar-refractivity contribution is 1.19. The number of hydrogen-bond donors (Lipinski definition) is 1. The highest BCUT2D eigenvalue weighted by atomic mass is 79.9. The Morgan fingerprint density at radius 2 is 2.00 bits per heavy atom. The minimum absolute atomic E-state index is 0.485. The van der Waals surface area contributed by atoms with Crippen molar-refractivity contribution in [3.05, 3.63) is 32.3 Å². The van der Waals surface area contributed by atoms with Gasteiger partial charge in [0, 0.05) is 27.8 Å². The van der Waals surface area contributed by atoms with E-state index in [2.05, 4.69) is 26.2 Å². The average molecular weight is 334 g/mol. The van der Waals surface area contributed by atoms with Gasteiger partial charge < -0.3 is 5.32 Å². The summed E-state index contributed by atoms with van der Waals surface area (Å²) in [5.74, 6) is 0. The Hall–Kier alpha value is -0.510. The van der Waals surface area contributed by atoms with E-state index in [9.17, 15) is 0 Å². The molecule has 0 aliphatic rings. The van der Waals surface area contributed by atoms with Crippen molar-refractivity contribution in [2.24, 2.45) is 0 Å². The van der Waals surface area contributed by atoms with Crippen LogP contribution < -0.4 is 5.32 Å². The van der Waals surface area contributed by atoms with Crippen molar-refractivity contribution in [1.82, 2.24) is 4.98 Å². The summed E-state index contributed by atoms with van der Waals surface area (Å²) in [6.07, 6.45) is 0. The van der Waals surface area contributed by atoms with Gasteiger partial charge in [0.2, 0.25) is 0 Å². The zero-order chi connectivity index (χ0) is 12.6. The zero-order valence-electron chi connectivity index (χ0n) is 9.44. The van der Waals surface area contributed by atoms with Crippen LogP contribution in [0.15, 0.2) is 16.6 Å². The van der Waals surface area contributed by atoms with Gasteiger partial charge in [0.05, 0.1) is 15.6 Å². The van der Waals surface area contributed by atoms with E-state index >= 15 is 0 Å². The SMILES string of the molecule is CCNc1cc(C)nc2c(Cl)c(Cl)c(Br)cc12. The second-order valence-electron chi connectivity index (χ2n) is 3.72. The standard InChI is InChI=1S/C12H11BrCl2N2/c1-3-16-9-4-6(2)17-12-7(9)5-8(13)10(14)11(12)15/h4-5H,3H2,1-2H3,(H,16,17). The van der Waals surface area contributed by atoms with Gasteiger partial charge in [-0.2, -0.15) is 0 Å². The number of halogens is 3. The molecule has 0 radical (unpaired) electrons. The van der Waals surface area contributed by atoms with Crippen molar-refractivity contribution in [3.8, 4) is 0 Å². The molecule has 90 valence electrons. The molecule has 1 heterocycles. The molecule has 2 aromatic rings. The van der Waals surface area contributed by atoms with E-state index in [1.807, 2.05) is 26.0 Å². The second-order valence-corrected chi connectivity index (χ2v) is 5.33. The molecule has 0 aliphatic carbocycles. The molecule has 2 rings (SSSR count). The quantitative estimate of drug-likeness (QED) is 0.778. The molecular formula is C12H11BrCl2N2. The summed E-state index contributed by atoms with van der Waals surface area (Å²) in [5, 5.41) is 5.26. The van der Waals surface area contributed by atoms with Crippen LogP contribution in [-0.2, 0) is 0 Å². The van der Waals surface area contributed by atoms with Crippen LogP contribution in [-0.4, -0.2) is 11.5 Å². The number of benzene rings is 1. The van der Waals surface area contributed by atoms with E-state index in [0.29, 0.717) is 10.0 Å². The van der Waals surface area contributed by atoms with Crippen molar-refractivity contribution in [1.29, 1.82) is 0 Å². The smallest absolute Gasteiger partial charge is 0.0928 e. The van der Waals surface area contributed by atoms with E-state index in [1.165, 1.54) is 0 Å². The van der Waals surface area contributed by atoms with E-state index < -0.39 is 0 Å². The minimum atomic E-state index is 0.485. The summed E-state index contributed by atoms with van der Waals surface area (Å²) in [6, 6.07) is 3.94. The molecule has 0 aliphatic heterocycles. The van der Waals surface area contributed by atoms with Crippen LogP contribution in [0.1, 0.15) is 12.6 Å². The minimum Gasteiger partial charge on any atom is -0.385 e. The fourth-order valence-corrected chi connectivity index (χ4v) is 2.66. The van der Waals surface area contributed by atoms with Crippen molar-refractivity contribution >= 4 is 55.7 Å². The molecular weight excluding hydrogens is 323 g/mol. The van der Waals surface area contributed by atoms with Crippen LogP contribution in [0.3, 0.4) is 0 Å². The lowest BCUT2D eigenvalue weighted by Crippen LogP contribution is -1.99. The van der Waals surface area contributed by atoms with Crippen LogP contribution in [0.25, 0.3) is 10.9 Å². The second kappa shape index (κ2) is 5.01. The predicted octanol–water partition coefficient (Wildman–Crippen LogP) is 5.04. The van der Waals surface area contributed by atoms with Crippen LogP contribution in [0.5, 0.6) is 0 Å². The molecule has 0 spiro atoms. The fraction of sp³-hybridized carbons (Fsp3) is 0.250. The third-order valence-corrected chi connectivity index (χ3v) is 4.15. The third kappa shape index (κ3) is 2.37. The Bertz CT molecular complexity index is 584. The molecule has 2 nitrogen and oxygen atoms in total. The Balaban J connectivity index is 2.84. The molecule has 0 atom stereocenters. The van der Waals surface area contributed by atoms with Gasteiger partial charge in [0.25, 0.3) is 0 Å². The highest BCUT2D eigenvalue weighted by Gasteiger charge is 2.13. The van der Waals surface area contributed by atoms with Crippen LogP contribution >= 0.6 is 39.1 Å². The van der Waals surface area contributed by atoms with E-state index in [-0.39, 0.29) is 0 Å². The highest BCUT2D eigenvalue weighted by molar-refractivity contribution is 9.10. The van der Waals surface area contributed by atoms with Gasteiger partial charge in [0.15, 0.2) is 0 Å². The molecule has 0 unspecified atom stereocenters. The molecule has 5 heteroatoms. The molecule has 1 aromatic heterocycles. The number of nitrogens with zero attached hydrogens (tertiary/aromatic N) is 1. The number of hydrogen-bond acceptors (Lipinski definition) is 2. The number of fused-ring (bicyclic) bond motifs is 1. The van der Waals surface area contributed by atoms with Gasteiger partial charge in [-0.05, 0) is 41.9 Å². The van der Waals surface area contributed by atoms with Crippen LogP contribution in [0.2, 0.25) is 10.0 Å². The summed E-state index contributed by atoms with van der Waals surface area (Å²) in [4.78, 5) is 4.44. The lowest BCUT2D eigenvalue weighted by Gasteiger charge is -2.11. The Kier molecular flexibility index (Phi) is 3.81. The number of anilines is 1. The monoisotopic (exact) mass is 332 g/mol. The Morgan fingerprint density at radius 3 is 2.65 bits per heavy atom. The van der Waals surface area contributed by atoms with Crippen LogP contribution in [0, 0.1) is 6.92 Å². The lowest BCUT2D eigenvalue weighted by atomic mass is 10.1. The summed E-state index contributed by atoms with van der Waals surface area (Å²) < 4.78 is 0.779. The van der Waals surface area contributed by atoms with Crippen molar-refractivity contribution in [2.45, 2.75) is 13.8 Å². The van der Waals surface area contributed by atoms with Gasteiger partial charge in [-0.1, -0.05) is 23.2 Å². The number of aromatic nitrogens is 1. The van der Waals surface area contributed by atoms with Crippen LogP contribution in [0.4, 0.5) is 5.69 Å². The van der Waals surface area contributed by atoms with Gasteiger partial charge in [0.1, 0.15) is 0 Å². The molecule has 0 fully saturated rings. The number of nitrogens with one attached hydrogen (secondary N) is 1. The summed E-state index contributed by atoms with van der Waals surface area (Å²) >= 11 is 15.7. The van der Waals surface area contributed by atoms with Crippen molar-refractivity contribution < 1.29 is 0 Å². The normalized spacial score (nSPS) is 10.9. The maximum absolute atomic E-state index is 6.22. The van der Waals surface area contributed by atoms with Crippen molar-refractivity contribution in [3.63, 3.8) is 0 Å². The van der Waals surface area contributed by atoms with Gasteiger partial charge in [-0.25, -0.2) is 0 Å². The molecule has 1 aromatic carbocycles. The van der Waals surface area contributed by atoms with Gasteiger partial charge in [-0.15, -0.1) is 0 Å². The topological polar surface area (TPSA) is 24.9 Å². The summed E-state index contributed by atoms with van der Waals surface area (Å²) in [5.41, 5.74) is 2.67. The number of pyridine rings is 1. The molecule has 0 amide bonds.